The van der Waals surface area contributed by atoms with Crippen molar-refractivity contribution in [2.24, 2.45) is 5.73 Å². The van der Waals surface area contributed by atoms with Crippen molar-refractivity contribution in [2.75, 3.05) is 18.5 Å². The van der Waals surface area contributed by atoms with Crippen LogP contribution >= 0.6 is 0 Å². The molecule has 2 aromatic heterocycles. The zero-order valence-corrected chi connectivity index (χ0v) is 16.9. The summed E-state index contributed by atoms with van der Waals surface area (Å²) in [5.74, 6) is 0.116. The molecule has 3 aromatic rings. The van der Waals surface area contributed by atoms with Gasteiger partial charge in [0.05, 0.1) is 12.6 Å². The lowest BCUT2D eigenvalue weighted by molar-refractivity contribution is 0.0529. The number of carbonyl (C=O) groups is 1. The van der Waals surface area contributed by atoms with E-state index in [2.05, 4.69) is 15.4 Å². The molecule has 0 amide bonds. The molecular weight excluding hydrogens is 389 g/mol. The quantitative estimate of drug-likeness (QED) is 0.574. The van der Waals surface area contributed by atoms with Gasteiger partial charge in [0.25, 0.3) is 0 Å². The number of halogens is 1. The molecule has 2 atom stereocenters. The van der Waals surface area contributed by atoms with Crippen LogP contribution in [0.25, 0.3) is 5.65 Å². The Morgan fingerprint density at radius 2 is 2.33 bits per heavy atom. The molecule has 0 aliphatic carbocycles. The zero-order valence-electron chi connectivity index (χ0n) is 16.9. The number of nitrogens with two attached hydrogens (primary N) is 1. The molecule has 1 aliphatic rings. The SMILES string of the molecule is CCOC(=O)c1c(N[C@H](C)c2cc(F)cc3c2O[C@@H](CCN)C3)nn2cccnc12. The predicted molar refractivity (Wildman–Crippen MR) is 109 cm³/mol. The van der Waals surface area contributed by atoms with Gasteiger partial charge in [0, 0.05) is 29.9 Å². The summed E-state index contributed by atoms with van der Waals surface area (Å²) < 4.78 is 27.0. The first-order valence-electron chi connectivity index (χ1n) is 9.97. The smallest absolute Gasteiger partial charge is 0.345 e. The van der Waals surface area contributed by atoms with Crippen LogP contribution < -0.4 is 15.8 Å². The molecule has 158 valence electrons. The van der Waals surface area contributed by atoms with E-state index in [4.69, 9.17) is 15.2 Å². The molecule has 0 bridgehead atoms. The van der Waals surface area contributed by atoms with Gasteiger partial charge < -0.3 is 20.5 Å². The van der Waals surface area contributed by atoms with Crippen molar-refractivity contribution in [3.63, 3.8) is 0 Å². The number of nitrogens with zero attached hydrogens (tertiary/aromatic N) is 3. The molecule has 0 fully saturated rings. The van der Waals surface area contributed by atoms with Gasteiger partial charge in [-0.15, -0.1) is 5.10 Å². The molecule has 0 spiro atoms. The summed E-state index contributed by atoms with van der Waals surface area (Å²) in [6, 6.07) is 4.28. The highest BCUT2D eigenvalue weighted by molar-refractivity contribution is 6.01. The maximum atomic E-state index is 14.3. The van der Waals surface area contributed by atoms with Crippen LogP contribution in [0.3, 0.4) is 0 Å². The minimum absolute atomic E-state index is 0.0627. The number of rotatable bonds is 7. The van der Waals surface area contributed by atoms with Crippen LogP contribution in [-0.2, 0) is 11.2 Å². The molecule has 0 radical (unpaired) electrons. The van der Waals surface area contributed by atoms with Crippen LogP contribution in [0.15, 0.2) is 30.6 Å². The fourth-order valence-corrected chi connectivity index (χ4v) is 3.75. The number of ether oxygens (including phenoxy) is 2. The van der Waals surface area contributed by atoms with E-state index in [1.165, 1.54) is 16.6 Å². The highest BCUT2D eigenvalue weighted by Gasteiger charge is 2.29. The van der Waals surface area contributed by atoms with Crippen molar-refractivity contribution in [1.82, 2.24) is 14.6 Å². The molecule has 1 aliphatic heterocycles. The average Bonchev–Trinajstić information content (AvgIpc) is 3.27. The third-order valence-corrected chi connectivity index (χ3v) is 5.07. The second-order valence-electron chi connectivity index (χ2n) is 7.20. The number of benzene rings is 1. The van der Waals surface area contributed by atoms with Gasteiger partial charge in [-0.3, -0.25) is 0 Å². The van der Waals surface area contributed by atoms with Crippen molar-refractivity contribution < 1.29 is 18.7 Å². The average molecular weight is 413 g/mol. The van der Waals surface area contributed by atoms with Crippen molar-refractivity contribution >= 4 is 17.4 Å². The fraction of sp³-hybridized carbons (Fsp3) is 0.381. The van der Waals surface area contributed by atoms with Crippen LogP contribution in [-0.4, -0.2) is 39.8 Å². The zero-order chi connectivity index (χ0) is 21.3. The van der Waals surface area contributed by atoms with Gasteiger partial charge in [-0.2, -0.15) is 0 Å². The van der Waals surface area contributed by atoms with E-state index in [0.29, 0.717) is 42.2 Å². The van der Waals surface area contributed by atoms with Crippen LogP contribution in [0, 0.1) is 5.82 Å². The summed E-state index contributed by atoms with van der Waals surface area (Å²) in [6.45, 7) is 4.33. The molecule has 4 rings (SSSR count). The van der Waals surface area contributed by atoms with Crippen LogP contribution in [0.1, 0.15) is 47.8 Å². The van der Waals surface area contributed by atoms with E-state index in [-0.39, 0.29) is 30.1 Å². The first kappa shape index (κ1) is 20.1. The summed E-state index contributed by atoms with van der Waals surface area (Å²) in [4.78, 5) is 16.8. The van der Waals surface area contributed by atoms with Gasteiger partial charge in [-0.1, -0.05) is 0 Å². The lowest BCUT2D eigenvalue weighted by Gasteiger charge is -2.18. The third kappa shape index (κ3) is 3.68. The Bertz CT molecular complexity index is 1080. The van der Waals surface area contributed by atoms with Crippen molar-refractivity contribution in [1.29, 1.82) is 0 Å². The van der Waals surface area contributed by atoms with Gasteiger partial charge in [0.1, 0.15) is 23.2 Å². The standard InChI is InChI=1S/C21H24FN5O3/c1-3-29-21(28)17-19(26-27-8-4-7-24-20(17)27)25-12(2)16-11-14(22)9-13-10-15(5-6-23)30-18(13)16/h4,7-9,11-12,15H,3,5-6,10,23H2,1-2H3,(H,25,26)/t12-,15+/m1/s1. The Balaban J connectivity index is 1.69. The maximum absolute atomic E-state index is 14.3. The Labute approximate surface area is 173 Å². The number of nitrogens with one attached hydrogen (secondary N) is 1. The Kier molecular flexibility index (Phi) is 5.54. The molecular formula is C21H24FN5O3. The van der Waals surface area contributed by atoms with Crippen molar-refractivity contribution in [3.8, 4) is 5.75 Å². The first-order chi connectivity index (χ1) is 14.5. The van der Waals surface area contributed by atoms with E-state index in [1.54, 1.807) is 25.4 Å². The second kappa shape index (κ2) is 8.27. The number of hydrogen-bond acceptors (Lipinski definition) is 7. The number of hydrogen-bond donors (Lipinski definition) is 2. The Morgan fingerprint density at radius 3 is 3.10 bits per heavy atom. The van der Waals surface area contributed by atoms with Crippen LogP contribution in [0.5, 0.6) is 5.75 Å². The molecule has 3 N–H and O–H groups in total. The van der Waals surface area contributed by atoms with Crippen LogP contribution in [0.2, 0.25) is 0 Å². The molecule has 8 nitrogen and oxygen atoms in total. The predicted octanol–water partition coefficient (Wildman–Crippen LogP) is 2.87. The molecule has 0 unspecified atom stereocenters. The van der Waals surface area contributed by atoms with Gasteiger partial charge >= 0.3 is 5.97 Å². The van der Waals surface area contributed by atoms with Gasteiger partial charge in [-0.05, 0) is 45.0 Å². The van der Waals surface area contributed by atoms with Crippen molar-refractivity contribution in [2.45, 2.75) is 38.8 Å². The summed E-state index contributed by atoms with van der Waals surface area (Å²) in [5, 5.41) is 7.65. The molecule has 3 heterocycles. The minimum atomic E-state index is -0.523. The molecule has 0 saturated heterocycles. The van der Waals surface area contributed by atoms with E-state index in [1.807, 2.05) is 6.92 Å². The Hall–Kier alpha value is -3.20. The highest BCUT2D eigenvalue weighted by atomic mass is 19.1. The first-order valence-corrected chi connectivity index (χ1v) is 9.97. The van der Waals surface area contributed by atoms with Gasteiger partial charge in [0.2, 0.25) is 0 Å². The van der Waals surface area contributed by atoms with Crippen molar-refractivity contribution in [3.05, 3.63) is 53.1 Å². The minimum Gasteiger partial charge on any atom is -0.489 e. The number of anilines is 1. The number of fused-ring (bicyclic) bond motifs is 2. The molecule has 9 heteroatoms. The number of aromatic nitrogens is 3. The fourth-order valence-electron chi connectivity index (χ4n) is 3.75. The van der Waals surface area contributed by atoms with Gasteiger partial charge in [-0.25, -0.2) is 18.7 Å². The number of esters is 1. The monoisotopic (exact) mass is 413 g/mol. The summed E-state index contributed by atoms with van der Waals surface area (Å²) in [7, 11) is 0. The largest absolute Gasteiger partial charge is 0.489 e. The van der Waals surface area contributed by atoms with E-state index >= 15 is 0 Å². The highest BCUT2D eigenvalue weighted by Crippen LogP contribution is 2.38. The summed E-state index contributed by atoms with van der Waals surface area (Å²) in [5.41, 5.74) is 7.75. The topological polar surface area (TPSA) is 104 Å². The molecule has 30 heavy (non-hydrogen) atoms. The van der Waals surface area contributed by atoms with E-state index < -0.39 is 5.97 Å². The number of carbonyl (C=O) groups excluding carboxylic acids is 1. The Morgan fingerprint density at radius 1 is 1.50 bits per heavy atom. The van der Waals surface area contributed by atoms with Crippen LogP contribution in [0.4, 0.5) is 10.2 Å². The second-order valence-corrected chi connectivity index (χ2v) is 7.20. The molecule has 1 aromatic carbocycles. The lowest BCUT2D eigenvalue weighted by atomic mass is 10.0. The van der Waals surface area contributed by atoms with Gasteiger partial charge in [0.15, 0.2) is 11.5 Å². The maximum Gasteiger partial charge on any atom is 0.345 e. The summed E-state index contributed by atoms with van der Waals surface area (Å²) in [6.07, 6.45) is 4.53. The molecule has 0 saturated carbocycles. The normalized spacial score (nSPS) is 16.2. The van der Waals surface area contributed by atoms with E-state index in [0.717, 1.165) is 5.56 Å². The van der Waals surface area contributed by atoms with E-state index in [9.17, 15) is 9.18 Å². The lowest BCUT2D eigenvalue weighted by Crippen LogP contribution is -2.18. The summed E-state index contributed by atoms with van der Waals surface area (Å²) >= 11 is 0. The third-order valence-electron chi connectivity index (χ3n) is 5.07.